The maximum Gasteiger partial charge on any atom is 0.224 e. The Hall–Kier alpha value is -1.06. The number of carbonyl (C=O) groups is 2. The quantitative estimate of drug-likeness (QED) is 0.573. The summed E-state index contributed by atoms with van der Waals surface area (Å²) >= 11 is 0. The van der Waals surface area contributed by atoms with Crippen LogP contribution in [0.15, 0.2) is 0 Å². The highest BCUT2D eigenvalue weighted by atomic mass is 16.2. The molecule has 0 aliphatic carbocycles. The largest absolute Gasteiger partial charge is 0.345 e. The molecule has 0 spiro atoms. The van der Waals surface area contributed by atoms with E-state index in [1.54, 1.807) is 16.8 Å². The molecule has 4 heteroatoms. The molecule has 0 aromatic heterocycles. The first-order valence-electron chi connectivity index (χ1n) is 8.86. The predicted molar refractivity (Wildman–Crippen MR) is 94.8 cm³/mol. The van der Waals surface area contributed by atoms with Crippen molar-refractivity contribution in [2.45, 2.75) is 73.1 Å². The number of rotatable bonds is 10. The summed E-state index contributed by atoms with van der Waals surface area (Å²) in [7, 11) is 3.62. The Balaban J connectivity index is 0. The molecule has 0 rings (SSSR count). The van der Waals surface area contributed by atoms with Crippen molar-refractivity contribution >= 4 is 11.8 Å². The van der Waals surface area contributed by atoms with Gasteiger partial charge in [0.2, 0.25) is 11.8 Å². The van der Waals surface area contributed by atoms with E-state index in [1.165, 1.54) is 12.8 Å². The van der Waals surface area contributed by atoms with Crippen LogP contribution < -0.4 is 0 Å². The summed E-state index contributed by atoms with van der Waals surface area (Å²) in [6, 6.07) is 0. The fourth-order valence-corrected chi connectivity index (χ4v) is 2.12. The number of carbonyl (C=O) groups excluding carboxylic acids is 2. The smallest absolute Gasteiger partial charge is 0.224 e. The molecule has 0 unspecified atom stereocenters. The number of unbranched alkanes of at least 4 members (excludes halogenated alkanes) is 3. The van der Waals surface area contributed by atoms with E-state index in [1.807, 2.05) is 20.9 Å². The summed E-state index contributed by atoms with van der Waals surface area (Å²) in [5.41, 5.74) is 0. The third-order valence-electron chi connectivity index (χ3n) is 3.40. The predicted octanol–water partition coefficient (Wildman–Crippen LogP) is 3.95. The van der Waals surface area contributed by atoms with E-state index in [0.29, 0.717) is 25.3 Å². The van der Waals surface area contributed by atoms with Gasteiger partial charge in [0.15, 0.2) is 0 Å². The van der Waals surface area contributed by atoms with E-state index in [4.69, 9.17) is 0 Å². The molecule has 0 N–H and O–H groups in total. The summed E-state index contributed by atoms with van der Waals surface area (Å²) in [5.74, 6) is 0.742. The third kappa shape index (κ3) is 12.7. The topological polar surface area (TPSA) is 40.6 Å². The van der Waals surface area contributed by atoms with E-state index in [9.17, 15) is 9.59 Å². The minimum atomic E-state index is 0.115. The van der Waals surface area contributed by atoms with Crippen molar-refractivity contribution in [1.29, 1.82) is 0 Å². The van der Waals surface area contributed by atoms with Gasteiger partial charge in [-0.25, -0.2) is 0 Å². The van der Waals surface area contributed by atoms with Crippen LogP contribution in [0.2, 0.25) is 0 Å². The monoisotopic (exact) mass is 314 g/mol. The summed E-state index contributed by atoms with van der Waals surface area (Å²) in [5, 5.41) is 0. The van der Waals surface area contributed by atoms with Gasteiger partial charge in [-0.05, 0) is 12.3 Å². The van der Waals surface area contributed by atoms with Gasteiger partial charge in [-0.2, -0.15) is 0 Å². The van der Waals surface area contributed by atoms with Crippen molar-refractivity contribution in [2.24, 2.45) is 5.92 Å². The van der Waals surface area contributed by atoms with Crippen LogP contribution in [-0.2, 0) is 9.59 Å². The average Bonchev–Trinajstić information content (AvgIpc) is 2.49. The second-order valence-electron chi connectivity index (χ2n) is 6.04. The van der Waals surface area contributed by atoms with Crippen LogP contribution >= 0.6 is 0 Å². The van der Waals surface area contributed by atoms with Crippen molar-refractivity contribution in [3.05, 3.63) is 0 Å². The Morgan fingerprint density at radius 3 is 1.91 bits per heavy atom. The van der Waals surface area contributed by atoms with Crippen molar-refractivity contribution in [2.75, 3.05) is 27.2 Å². The first-order valence-corrected chi connectivity index (χ1v) is 8.86. The SMILES string of the molecule is CC.CCCCCCC(=O)N(C)CCC(=O)N(C)CC(C)C. The zero-order chi connectivity index (χ0) is 17.5. The molecule has 0 heterocycles. The molecule has 0 radical (unpaired) electrons. The minimum Gasteiger partial charge on any atom is -0.345 e. The average molecular weight is 315 g/mol. The molecular formula is C18H38N2O2. The Kier molecular flexibility index (Phi) is 15.7. The summed E-state index contributed by atoms with van der Waals surface area (Å²) in [4.78, 5) is 27.2. The Morgan fingerprint density at radius 2 is 1.41 bits per heavy atom. The molecule has 0 atom stereocenters. The number of hydrogen-bond donors (Lipinski definition) is 0. The van der Waals surface area contributed by atoms with Crippen molar-refractivity contribution < 1.29 is 9.59 Å². The standard InChI is InChI=1S/C16H32N2O2.C2H6/c1-6-7-8-9-10-15(19)17(4)12-11-16(20)18(5)13-14(2)3;1-2/h14H,6-13H2,1-5H3;1-2H3. The summed E-state index contributed by atoms with van der Waals surface area (Å²) in [6.07, 6.45) is 5.47. The molecule has 0 aliphatic rings. The lowest BCUT2D eigenvalue weighted by atomic mass is 10.1. The van der Waals surface area contributed by atoms with Gasteiger partial charge in [-0.15, -0.1) is 0 Å². The lowest BCUT2D eigenvalue weighted by molar-refractivity contribution is -0.133. The molecule has 4 nitrogen and oxygen atoms in total. The number of hydrogen-bond acceptors (Lipinski definition) is 2. The van der Waals surface area contributed by atoms with Crippen LogP contribution in [0, 0.1) is 5.92 Å². The third-order valence-corrected chi connectivity index (χ3v) is 3.40. The molecule has 0 saturated heterocycles. The van der Waals surface area contributed by atoms with Crippen molar-refractivity contribution in [3.63, 3.8) is 0 Å². The molecule has 22 heavy (non-hydrogen) atoms. The lowest BCUT2D eigenvalue weighted by Gasteiger charge is -2.22. The second-order valence-corrected chi connectivity index (χ2v) is 6.04. The molecule has 2 amide bonds. The first kappa shape index (κ1) is 23.2. The van der Waals surface area contributed by atoms with E-state index in [-0.39, 0.29) is 11.8 Å². The van der Waals surface area contributed by atoms with Gasteiger partial charge in [0.05, 0.1) is 0 Å². The number of amides is 2. The summed E-state index contributed by atoms with van der Waals surface area (Å²) < 4.78 is 0. The van der Waals surface area contributed by atoms with Crippen molar-refractivity contribution in [1.82, 2.24) is 9.80 Å². The van der Waals surface area contributed by atoms with Gasteiger partial charge in [0.25, 0.3) is 0 Å². The van der Waals surface area contributed by atoms with Gasteiger partial charge in [-0.1, -0.05) is 53.9 Å². The molecule has 132 valence electrons. The lowest BCUT2D eigenvalue weighted by Crippen LogP contribution is -2.34. The van der Waals surface area contributed by atoms with Crippen LogP contribution in [0.1, 0.15) is 73.1 Å². The Labute approximate surface area is 138 Å². The molecule has 0 fully saturated rings. The minimum absolute atomic E-state index is 0.115. The fraction of sp³-hybridized carbons (Fsp3) is 0.889. The van der Waals surface area contributed by atoms with Crippen LogP contribution in [-0.4, -0.2) is 48.8 Å². The number of nitrogens with zero attached hydrogens (tertiary/aromatic N) is 2. The zero-order valence-corrected chi connectivity index (χ0v) is 15.9. The maximum absolute atomic E-state index is 11.9. The molecule has 0 saturated carbocycles. The van der Waals surface area contributed by atoms with Gasteiger partial charge in [0, 0.05) is 40.0 Å². The summed E-state index contributed by atoms with van der Waals surface area (Å²) in [6.45, 7) is 11.6. The highest BCUT2D eigenvalue weighted by Crippen LogP contribution is 2.05. The molecule has 0 aromatic rings. The van der Waals surface area contributed by atoms with Gasteiger partial charge in [-0.3, -0.25) is 9.59 Å². The van der Waals surface area contributed by atoms with Gasteiger partial charge in [0.1, 0.15) is 0 Å². The highest BCUT2D eigenvalue weighted by Gasteiger charge is 2.13. The normalized spacial score (nSPS) is 10.0. The molecule has 0 aromatic carbocycles. The van der Waals surface area contributed by atoms with E-state index in [0.717, 1.165) is 19.4 Å². The van der Waals surface area contributed by atoms with Crippen LogP contribution in [0.25, 0.3) is 0 Å². The van der Waals surface area contributed by atoms with Gasteiger partial charge >= 0.3 is 0 Å². The fourth-order valence-electron chi connectivity index (χ4n) is 2.12. The molecule has 0 bridgehead atoms. The molecular weight excluding hydrogens is 276 g/mol. The van der Waals surface area contributed by atoms with Crippen LogP contribution in [0.5, 0.6) is 0 Å². The van der Waals surface area contributed by atoms with E-state index in [2.05, 4.69) is 20.8 Å². The van der Waals surface area contributed by atoms with E-state index >= 15 is 0 Å². The second kappa shape index (κ2) is 14.9. The highest BCUT2D eigenvalue weighted by molar-refractivity contribution is 5.78. The van der Waals surface area contributed by atoms with Crippen LogP contribution in [0.3, 0.4) is 0 Å². The van der Waals surface area contributed by atoms with E-state index < -0.39 is 0 Å². The van der Waals surface area contributed by atoms with Gasteiger partial charge < -0.3 is 9.80 Å². The zero-order valence-electron chi connectivity index (χ0n) is 15.9. The Bertz CT molecular complexity index is 291. The Morgan fingerprint density at radius 1 is 0.864 bits per heavy atom. The van der Waals surface area contributed by atoms with Crippen molar-refractivity contribution in [3.8, 4) is 0 Å². The van der Waals surface area contributed by atoms with Crippen LogP contribution in [0.4, 0.5) is 0 Å². The molecule has 0 aliphatic heterocycles. The first-order chi connectivity index (χ1) is 10.4. The maximum atomic E-state index is 11.9.